The van der Waals surface area contributed by atoms with Crippen LogP contribution < -0.4 is 5.73 Å². The van der Waals surface area contributed by atoms with Crippen LogP contribution in [0.4, 0.5) is 14.6 Å². The minimum atomic E-state index is -2.72. The lowest BCUT2D eigenvalue weighted by Crippen LogP contribution is -1.98. The van der Waals surface area contributed by atoms with Gasteiger partial charge >= 0.3 is 0 Å². The number of nitrogen functional groups attached to an aromatic ring is 1. The molecule has 3 aromatic heterocycles. The number of alkyl halides is 2. The first kappa shape index (κ1) is 16.4. The van der Waals surface area contributed by atoms with Crippen molar-refractivity contribution in [2.24, 2.45) is 0 Å². The highest BCUT2D eigenvalue weighted by Crippen LogP contribution is 2.31. The van der Waals surface area contributed by atoms with Crippen LogP contribution in [0.1, 0.15) is 17.8 Å². The van der Waals surface area contributed by atoms with Gasteiger partial charge in [-0.2, -0.15) is 9.90 Å². The van der Waals surface area contributed by atoms with Gasteiger partial charge < -0.3 is 5.73 Å². The summed E-state index contributed by atoms with van der Waals surface area (Å²) < 4.78 is 26.7. The van der Waals surface area contributed by atoms with Crippen molar-refractivity contribution < 1.29 is 8.78 Å². The second kappa shape index (κ2) is 6.67. The number of H-pyrrole nitrogens is 1. The molecule has 4 rings (SSSR count). The predicted molar refractivity (Wildman–Crippen MR) is 92.0 cm³/mol. The molecular weight excluding hydrogens is 362 g/mol. The van der Waals surface area contributed by atoms with Gasteiger partial charge in [-0.1, -0.05) is 23.4 Å². The third-order valence-electron chi connectivity index (χ3n) is 3.56. The number of fused-ring (bicyclic) bond motifs is 1. The molecule has 132 valence electrons. The van der Waals surface area contributed by atoms with E-state index >= 15 is 0 Å². The molecule has 0 aliphatic heterocycles. The molecular formula is C15H12F2N8S. The number of aromatic amines is 1. The quantitative estimate of drug-likeness (QED) is 0.517. The van der Waals surface area contributed by atoms with Gasteiger partial charge in [0.25, 0.3) is 6.43 Å². The van der Waals surface area contributed by atoms with Gasteiger partial charge in [-0.3, -0.25) is 0 Å². The largest absolute Gasteiger partial charge is 0.384 e. The Kier molecular flexibility index (Phi) is 4.21. The van der Waals surface area contributed by atoms with E-state index in [-0.39, 0.29) is 23.0 Å². The number of hydrogen-bond donors (Lipinski definition) is 2. The summed E-state index contributed by atoms with van der Waals surface area (Å²) in [6.07, 6.45) is -2.72. The fourth-order valence-corrected chi connectivity index (χ4v) is 3.36. The Balaban J connectivity index is 1.65. The Morgan fingerprint density at radius 1 is 1.19 bits per heavy atom. The number of nitrogens with one attached hydrogen (secondary N) is 1. The summed E-state index contributed by atoms with van der Waals surface area (Å²) in [4.78, 5) is 5.96. The first-order valence-corrected chi connectivity index (χ1v) is 8.50. The number of para-hydroxylation sites is 1. The topological polar surface area (TPSA) is 111 Å². The van der Waals surface area contributed by atoms with Crippen molar-refractivity contribution in [3.63, 3.8) is 0 Å². The summed E-state index contributed by atoms with van der Waals surface area (Å²) in [6.45, 7) is 0. The van der Waals surface area contributed by atoms with E-state index in [1.54, 1.807) is 30.3 Å². The van der Waals surface area contributed by atoms with Gasteiger partial charge in [0, 0.05) is 10.6 Å². The molecule has 0 fully saturated rings. The van der Waals surface area contributed by atoms with Gasteiger partial charge in [0.2, 0.25) is 0 Å². The smallest absolute Gasteiger partial charge is 0.284 e. The van der Waals surface area contributed by atoms with E-state index in [1.165, 1.54) is 16.6 Å². The van der Waals surface area contributed by atoms with Crippen LogP contribution in [-0.4, -0.2) is 35.4 Å². The molecule has 0 spiro atoms. The normalized spacial score (nSPS) is 11.5. The molecule has 26 heavy (non-hydrogen) atoms. The van der Waals surface area contributed by atoms with E-state index in [9.17, 15) is 8.78 Å². The predicted octanol–water partition coefficient (Wildman–Crippen LogP) is 2.75. The van der Waals surface area contributed by atoms with E-state index < -0.39 is 6.43 Å². The second-order valence-electron chi connectivity index (χ2n) is 5.30. The Hall–Kier alpha value is -3.08. The number of pyridine rings is 1. The molecule has 1 aromatic carbocycles. The van der Waals surface area contributed by atoms with Crippen molar-refractivity contribution in [3.8, 4) is 5.69 Å². The molecule has 0 aliphatic rings. The Labute approximate surface area is 149 Å². The van der Waals surface area contributed by atoms with E-state index in [1.807, 2.05) is 6.07 Å². The molecule has 0 saturated heterocycles. The number of nitrogens with two attached hydrogens (primary N) is 1. The minimum Gasteiger partial charge on any atom is -0.384 e. The number of rotatable bonds is 5. The lowest BCUT2D eigenvalue weighted by molar-refractivity contribution is 0.144. The zero-order valence-electron chi connectivity index (χ0n) is 13.2. The molecule has 0 radical (unpaired) electrons. The summed E-state index contributed by atoms with van der Waals surface area (Å²) in [5, 5.41) is 18.4. The average molecular weight is 374 g/mol. The molecule has 0 unspecified atom stereocenters. The van der Waals surface area contributed by atoms with Crippen LogP contribution in [-0.2, 0) is 5.75 Å². The summed E-state index contributed by atoms with van der Waals surface area (Å²) in [5.74, 6) is 0.464. The molecule has 0 atom stereocenters. The lowest BCUT2D eigenvalue weighted by Gasteiger charge is -2.02. The molecule has 0 amide bonds. The number of halogens is 2. The third-order valence-corrected chi connectivity index (χ3v) is 4.60. The molecule has 3 heterocycles. The standard InChI is InChI=1S/C15H12F2N8S/c16-14(17)12-9(22-25(23-12)8-4-2-1-3-5-8)7-26-10-6-11(18)19-15-13(10)20-24-21-15/h1-6,14H,7H2,(H3,18,19,20,21,24). The number of anilines is 1. The summed E-state index contributed by atoms with van der Waals surface area (Å²) in [6, 6.07) is 10.5. The van der Waals surface area contributed by atoms with Crippen molar-refractivity contribution in [2.75, 3.05) is 5.73 Å². The van der Waals surface area contributed by atoms with Crippen LogP contribution in [0.3, 0.4) is 0 Å². The SMILES string of the molecule is Nc1cc(SCc2nn(-c3ccccc3)nc2C(F)F)c2nn[nH]c2n1. The van der Waals surface area contributed by atoms with E-state index in [2.05, 4.69) is 30.6 Å². The van der Waals surface area contributed by atoms with Crippen molar-refractivity contribution in [3.05, 3.63) is 47.8 Å². The van der Waals surface area contributed by atoms with Crippen LogP contribution in [0.15, 0.2) is 41.3 Å². The van der Waals surface area contributed by atoms with E-state index in [0.717, 1.165) is 0 Å². The van der Waals surface area contributed by atoms with Crippen molar-refractivity contribution in [1.82, 2.24) is 35.4 Å². The maximum atomic E-state index is 13.4. The molecule has 0 saturated carbocycles. The van der Waals surface area contributed by atoms with Crippen molar-refractivity contribution in [1.29, 1.82) is 0 Å². The molecule has 0 bridgehead atoms. The van der Waals surface area contributed by atoms with Crippen LogP contribution in [0.25, 0.3) is 16.9 Å². The lowest BCUT2D eigenvalue weighted by atomic mass is 10.3. The average Bonchev–Trinajstić information content (AvgIpc) is 3.27. The molecule has 4 aromatic rings. The monoisotopic (exact) mass is 374 g/mol. The first-order valence-electron chi connectivity index (χ1n) is 7.51. The maximum Gasteiger partial charge on any atom is 0.284 e. The number of thioether (sulfide) groups is 1. The highest BCUT2D eigenvalue weighted by atomic mass is 32.2. The highest BCUT2D eigenvalue weighted by Gasteiger charge is 2.21. The Bertz CT molecular complexity index is 1050. The zero-order valence-corrected chi connectivity index (χ0v) is 14.0. The van der Waals surface area contributed by atoms with Gasteiger partial charge in [0.15, 0.2) is 11.3 Å². The summed E-state index contributed by atoms with van der Waals surface area (Å²) in [7, 11) is 0. The summed E-state index contributed by atoms with van der Waals surface area (Å²) in [5.41, 5.74) is 7.18. The van der Waals surface area contributed by atoms with Crippen LogP contribution in [0, 0.1) is 0 Å². The molecule has 11 heteroatoms. The molecule has 3 N–H and O–H groups in total. The fraction of sp³-hybridized carbons (Fsp3) is 0.133. The van der Waals surface area contributed by atoms with Crippen LogP contribution in [0.2, 0.25) is 0 Å². The minimum absolute atomic E-state index is 0.178. The second-order valence-corrected chi connectivity index (χ2v) is 6.32. The summed E-state index contributed by atoms with van der Waals surface area (Å²) >= 11 is 1.27. The van der Waals surface area contributed by atoms with Gasteiger partial charge in [-0.05, 0) is 18.2 Å². The van der Waals surface area contributed by atoms with E-state index in [4.69, 9.17) is 5.73 Å². The van der Waals surface area contributed by atoms with Gasteiger partial charge in [0.1, 0.15) is 17.0 Å². The maximum absolute atomic E-state index is 13.4. The highest BCUT2D eigenvalue weighted by molar-refractivity contribution is 7.98. The van der Waals surface area contributed by atoms with Gasteiger partial charge in [-0.15, -0.1) is 22.0 Å². The number of aromatic nitrogens is 7. The van der Waals surface area contributed by atoms with E-state index in [0.29, 0.717) is 21.7 Å². The third kappa shape index (κ3) is 3.08. The molecule has 0 aliphatic carbocycles. The molecule has 8 nitrogen and oxygen atoms in total. The van der Waals surface area contributed by atoms with Crippen LogP contribution >= 0.6 is 11.8 Å². The van der Waals surface area contributed by atoms with Gasteiger partial charge in [0.05, 0.1) is 5.69 Å². The van der Waals surface area contributed by atoms with Gasteiger partial charge in [-0.25, -0.2) is 18.9 Å². The van der Waals surface area contributed by atoms with Crippen molar-refractivity contribution >= 4 is 28.7 Å². The first-order chi connectivity index (χ1) is 12.6. The fourth-order valence-electron chi connectivity index (χ4n) is 2.38. The Morgan fingerprint density at radius 2 is 2.00 bits per heavy atom. The number of hydrogen-bond acceptors (Lipinski definition) is 7. The zero-order chi connectivity index (χ0) is 18.1. The van der Waals surface area contributed by atoms with Crippen molar-refractivity contribution in [2.45, 2.75) is 17.1 Å². The number of benzene rings is 1. The Morgan fingerprint density at radius 3 is 2.77 bits per heavy atom. The number of nitrogens with zero attached hydrogens (tertiary/aromatic N) is 6. The van der Waals surface area contributed by atoms with Crippen LogP contribution in [0.5, 0.6) is 0 Å².